The van der Waals surface area contributed by atoms with Crippen molar-refractivity contribution < 1.29 is 14.0 Å². The van der Waals surface area contributed by atoms with Crippen LogP contribution in [0.15, 0.2) is 22.8 Å². The van der Waals surface area contributed by atoms with E-state index in [0.717, 1.165) is 0 Å². The quantitative estimate of drug-likeness (QED) is 0.782. The molecule has 1 atom stereocenters. The van der Waals surface area contributed by atoms with Gasteiger partial charge in [-0.25, -0.2) is 0 Å². The molecule has 1 unspecified atom stereocenters. The number of hydrogen-bond acceptors (Lipinski definition) is 4. The number of piperazine rings is 1. The van der Waals surface area contributed by atoms with Crippen LogP contribution in [0.3, 0.4) is 0 Å². The second-order valence-electron chi connectivity index (χ2n) is 4.09. The second-order valence-corrected chi connectivity index (χ2v) is 4.09. The fraction of sp³-hybridized carbons (Fsp3) is 0.500. The number of amides is 2. The summed E-state index contributed by atoms with van der Waals surface area (Å²) in [5.41, 5.74) is 0. The Balaban J connectivity index is 2.12. The highest BCUT2D eigenvalue weighted by atomic mass is 16.3. The van der Waals surface area contributed by atoms with Gasteiger partial charge in [0.2, 0.25) is 5.91 Å². The standard InChI is InChI=1S/C12H17N3O3/c1-2-14-11(16)9-8-13-5-6-15(9)12(17)10-4-3-7-18-10/h3-4,7,9,13H,2,5-6,8H2,1H3,(H,14,16). The highest BCUT2D eigenvalue weighted by Crippen LogP contribution is 2.11. The van der Waals surface area contributed by atoms with E-state index in [9.17, 15) is 9.59 Å². The molecule has 1 aromatic rings. The molecular weight excluding hydrogens is 234 g/mol. The third-order valence-electron chi connectivity index (χ3n) is 2.89. The van der Waals surface area contributed by atoms with Gasteiger partial charge in [-0.3, -0.25) is 9.59 Å². The molecule has 6 heteroatoms. The predicted octanol–water partition coefficient (Wildman–Crippen LogP) is -0.170. The highest BCUT2D eigenvalue weighted by molar-refractivity contribution is 5.95. The van der Waals surface area contributed by atoms with Crippen molar-refractivity contribution in [1.29, 1.82) is 0 Å². The van der Waals surface area contributed by atoms with Gasteiger partial charge >= 0.3 is 0 Å². The molecule has 1 aliphatic rings. The second kappa shape index (κ2) is 5.68. The Morgan fingerprint density at radius 2 is 2.44 bits per heavy atom. The average Bonchev–Trinajstić information content (AvgIpc) is 2.92. The fourth-order valence-electron chi connectivity index (χ4n) is 2.02. The molecule has 2 N–H and O–H groups in total. The van der Waals surface area contributed by atoms with Gasteiger partial charge in [-0.15, -0.1) is 0 Å². The zero-order valence-corrected chi connectivity index (χ0v) is 10.3. The van der Waals surface area contributed by atoms with E-state index in [2.05, 4.69) is 10.6 Å². The molecule has 0 radical (unpaired) electrons. The van der Waals surface area contributed by atoms with E-state index >= 15 is 0 Å². The maximum Gasteiger partial charge on any atom is 0.290 e. The van der Waals surface area contributed by atoms with Crippen molar-refractivity contribution in [3.63, 3.8) is 0 Å². The van der Waals surface area contributed by atoms with Gasteiger partial charge in [-0.05, 0) is 19.1 Å². The van der Waals surface area contributed by atoms with Crippen LogP contribution in [0.4, 0.5) is 0 Å². The molecule has 1 aromatic heterocycles. The van der Waals surface area contributed by atoms with E-state index in [-0.39, 0.29) is 17.6 Å². The number of carbonyl (C=O) groups excluding carboxylic acids is 2. The zero-order chi connectivity index (χ0) is 13.0. The summed E-state index contributed by atoms with van der Waals surface area (Å²) in [5.74, 6) is -0.103. The van der Waals surface area contributed by atoms with E-state index < -0.39 is 6.04 Å². The molecule has 0 bridgehead atoms. The van der Waals surface area contributed by atoms with E-state index in [1.807, 2.05) is 6.92 Å². The van der Waals surface area contributed by atoms with Crippen molar-refractivity contribution in [2.24, 2.45) is 0 Å². The van der Waals surface area contributed by atoms with Gasteiger partial charge in [0.15, 0.2) is 5.76 Å². The molecule has 98 valence electrons. The molecule has 18 heavy (non-hydrogen) atoms. The minimum absolute atomic E-state index is 0.135. The summed E-state index contributed by atoms with van der Waals surface area (Å²) >= 11 is 0. The molecule has 2 heterocycles. The predicted molar refractivity (Wildman–Crippen MR) is 65.1 cm³/mol. The summed E-state index contributed by atoms with van der Waals surface area (Å²) in [4.78, 5) is 25.7. The molecule has 0 spiro atoms. The van der Waals surface area contributed by atoms with Gasteiger partial charge in [-0.1, -0.05) is 0 Å². The third kappa shape index (κ3) is 2.53. The first-order chi connectivity index (χ1) is 8.74. The molecule has 1 aliphatic heterocycles. The summed E-state index contributed by atoms with van der Waals surface area (Å²) in [6, 6.07) is 2.80. The summed E-state index contributed by atoms with van der Waals surface area (Å²) < 4.78 is 5.09. The maximum atomic E-state index is 12.2. The third-order valence-corrected chi connectivity index (χ3v) is 2.89. The number of likely N-dealkylation sites (N-methyl/N-ethyl adjacent to an activating group) is 1. The number of rotatable bonds is 3. The van der Waals surface area contributed by atoms with Gasteiger partial charge < -0.3 is 20.0 Å². The summed E-state index contributed by atoms with van der Waals surface area (Å²) in [6.07, 6.45) is 1.45. The Hall–Kier alpha value is -1.82. The largest absolute Gasteiger partial charge is 0.459 e. The fourth-order valence-corrected chi connectivity index (χ4v) is 2.02. The van der Waals surface area contributed by atoms with E-state index in [1.165, 1.54) is 6.26 Å². The zero-order valence-electron chi connectivity index (χ0n) is 10.3. The lowest BCUT2D eigenvalue weighted by atomic mass is 10.1. The number of nitrogens with one attached hydrogen (secondary N) is 2. The van der Waals surface area contributed by atoms with Crippen LogP contribution in [0.5, 0.6) is 0 Å². The van der Waals surface area contributed by atoms with Crippen LogP contribution in [0, 0.1) is 0 Å². The van der Waals surface area contributed by atoms with Crippen LogP contribution in [-0.4, -0.2) is 48.9 Å². The van der Waals surface area contributed by atoms with Crippen molar-refractivity contribution in [2.75, 3.05) is 26.2 Å². The van der Waals surface area contributed by atoms with Crippen LogP contribution in [0.2, 0.25) is 0 Å². The number of carbonyl (C=O) groups is 2. The van der Waals surface area contributed by atoms with Crippen LogP contribution >= 0.6 is 0 Å². The average molecular weight is 251 g/mol. The topological polar surface area (TPSA) is 74.6 Å². The molecule has 2 amide bonds. The molecule has 1 fully saturated rings. The Bertz CT molecular complexity index is 416. The number of furan rings is 1. The van der Waals surface area contributed by atoms with Crippen molar-refractivity contribution in [3.05, 3.63) is 24.2 Å². The lowest BCUT2D eigenvalue weighted by Crippen LogP contribution is -2.59. The highest BCUT2D eigenvalue weighted by Gasteiger charge is 2.33. The number of hydrogen-bond donors (Lipinski definition) is 2. The first-order valence-electron chi connectivity index (χ1n) is 6.07. The first-order valence-corrected chi connectivity index (χ1v) is 6.07. The normalized spacial score (nSPS) is 19.6. The van der Waals surface area contributed by atoms with Crippen molar-refractivity contribution in [1.82, 2.24) is 15.5 Å². The molecule has 1 saturated heterocycles. The van der Waals surface area contributed by atoms with Gasteiger partial charge in [0, 0.05) is 26.2 Å². The van der Waals surface area contributed by atoms with Gasteiger partial charge in [0.25, 0.3) is 5.91 Å². The molecule has 0 aliphatic carbocycles. The van der Waals surface area contributed by atoms with E-state index in [4.69, 9.17) is 4.42 Å². The van der Waals surface area contributed by atoms with Gasteiger partial charge in [-0.2, -0.15) is 0 Å². The Morgan fingerprint density at radius 1 is 1.61 bits per heavy atom. The SMILES string of the molecule is CCNC(=O)C1CNCCN1C(=O)c1ccco1. The first kappa shape index (κ1) is 12.6. The van der Waals surface area contributed by atoms with Crippen LogP contribution in [0.25, 0.3) is 0 Å². The minimum atomic E-state index is -0.476. The Kier molecular flexibility index (Phi) is 3.99. The lowest BCUT2D eigenvalue weighted by molar-refractivity contribution is -0.126. The maximum absolute atomic E-state index is 12.2. The molecule has 0 aromatic carbocycles. The van der Waals surface area contributed by atoms with Crippen LogP contribution in [0.1, 0.15) is 17.5 Å². The summed E-state index contributed by atoms with van der Waals surface area (Å²) in [5, 5.41) is 5.86. The van der Waals surface area contributed by atoms with Crippen molar-refractivity contribution in [3.8, 4) is 0 Å². The molecular formula is C12H17N3O3. The minimum Gasteiger partial charge on any atom is -0.459 e. The Labute approximate surface area is 105 Å². The molecule has 6 nitrogen and oxygen atoms in total. The lowest BCUT2D eigenvalue weighted by Gasteiger charge is -2.34. The summed E-state index contributed by atoms with van der Waals surface area (Å²) in [7, 11) is 0. The van der Waals surface area contributed by atoms with Gasteiger partial charge in [0.1, 0.15) is 6.04 Å². The van der Waals surface area contributed by atoms with Gasteiger partial charge in [0.05, 0.1) is 6.26 Å². The molecule has 0 saturated carbocycles. The van der Waals surface area contributed by atoms with E-state index in [0.29, 0.717) is 26.2 Å². The van der Waals surface area contributed by atoms with E-state index in [1.54, 1.807) is 17.0 Å². The summed E-state index contributed by atoms with van der Waals surface area (Å²) in [6.45, 7) is 4.06. The Morgan fingerprint density at radius 3 is 3.11 bits per heavy atom. The van der Waals surface area contributed by atoms with Crippen molar-refractivity contribution in [2.45, 2.75) is 13.0 Å². The smallest absolute Gasteiger partial charge is 0.290 e. The number of nitrogens with zero attached hydrogens (tertiary/aromatic N) is 1. The van der Waals surface area contributed by atoms with Crippen LogP contribution < -0.4 is 10.6 Å². The van der Waals surface area contributed by atoms with Crippen LogP contribution in [-0.2, 0) is 4.79 Å². The van der Waals surface area contributed by atoms with Crippen molar-refractivity contribution >= 4 is 11.8 Å². The molecule has 2 rings (SSSR count). The monoisotopic (exact) mass is 251 g/mol.